The van der Waals surface area contributed by atoms with E-state index in [0.717, 1.165) is 12.8 Å². The van der Waals surface area contributed by atoms with Crippen molar-refractivity contribution in [3.05, 3.63) is 22.3 Å². The summed E-state index contributed by atoms with van der Waals surface area (Å²) in [6.45, 7) is 4.55. The summed E-state index contributed by atoms with van der Waals surface area (Å²) in [5.41, 5.74) is 0.359. The molecule has 3 atom stereocenters. The molecule has 8 heteroatoms. The number of carbonyl (C=O) groups excluding carboxylic acids is 2. The van der Waals surface area contributed by atoms with Crippen LogP contribution in [0.25, 0.3) is 0 Å². The molecule has 2 amide bonds. The van der Waals surface area contributed by atoms with Crippen molar-refractivity contribution in [2.75, 3.05) is 26.7 Å². The fraction of sp³-hybridized carbons (Fsp3) is 0.632. The van der Waals surface area contributed by atoms with E-state index >= 15 is 0 Å². The summed E-state index contributed by atoms with van der Waals surface area (Å²) in [6.07, 6.45) is 3.21. The number of aliphatic hydroxyl groups excluding tert-OH is 1. The molecular weight excluding hydrogens is 414 g/mol. The van der Waals surface area contributed by atoms with E-state index in [1.807, 2.05) is 13.8 Å². The van der Waals surface area contributed by atoms with Crippen molar-refractivity contribution in [2.45, 2.75) is 38.8 Å². The fourth-order valence-electron chi connectivity index (χ4n) is 3.30. The predicted octanol–water partition coefficient (Wildman–Crippen LogP) is 1.93. The van der Waals surface area contributed by atoms with Gasteiger partial charge in [0.2, 0.25) is 11.8 Å². The molecule has 3 rings (SSSR count). The Morgan fingerprint density at radius 1 is 1.52 bits per heavy atom. The van der Waals surface area contributed by atoms with Crippen LogP contribution in [-0.2, 0) is 4.79 Å². The van der Waals surface area contributed by atoms with Crippen molar-refractivity contribution in [1.29, 1.82) is 0 Å². The molecule has 1 aromatic heterocycles. The smallest absolute Gasteiger partial charge is 0.259 e. The number of nitrogens with zero attached hydrogens (tertiary/aromatic N) is 3. The molecule has 2 heterocycles. The van der Waals surface area contributed by atoms with Crippen LogP contribution >= 0.6 is 15.9 Å². The van der Waals surface area contributed by atoms with E-state index in [-0.39, 0.29) is 48.3 Å². The van der Waals surface area contributed by atoms with Gasteiger partial charge in [-0.15, -0.1) is 0 Å². The molecule has 7 nitrogen and oxygen atoms in total. The van der Waals surface area contributed by atoms with Crippen LogP contribution in [0.2, 0.25) is 0 Å². The van der Waals surface area contributed by atoms with E-state index in [2.05, 4.69) is 20.9 Å². The Labute approximate surface area is 167 Å². The molecule has 0 bridgehead atoms. The number of hydrogen-bond acceptors (Lipinski definition) is 5. The molecule has 1 aliphatic carbocycles. The largest absolute Gasteiger partial charge is 0.472 e. The van der Waals surface area contributed by atoms with Crippen LogP contribution in [0.1, 0.15) is 37.0 Å². The van der Waals surface area contributed by atoms with E-state index in [4.69, 9.17) is 4.74 Å². The molecule has 1 N–H and O–H groups in total. The monoisotopic (exact) mass is 439 g/mol. The highest BCUT2D eigenvalue weighted by atomic mass is 79.9. The number of likely N-dealkylation sites (N-methyl/N-ethyl adjacent to an activating group) is 1. The standard InChI is InChI=1S/C19H26BrN3O4/c1-11-8-23(12(2)10-24)19(26)15-6-14(20)7-21-17(15)27-16(11)9-22(3)18(25)13-4-5-13/h6-7,11-13,16,24H,4-5,8-10H2,1-3H3/t11-,12-,16+/m0/s1. The first-order valence-electron chi connectivity index (χ1n) is 9.30. The number of ether oxygens (including phenoxy) is 1. The molecule has 0 saturated heterocycles. The number of pyridine rings is 1. The molecule has 27 heavy (non-hydrogen) atoms. The third kappa shape index (κ3) is 4.43. The summed E-state index contributed by atoms with van der Waals surface area (Å²) < 4.78 is 6.80. The topological polar surface area (TPSA) is 83.0 Å². The van der Waals surface area contributed by atoms with Gasteiger partial charge < -0.3 is 19.6 Å². The third-order valence-corrected chi connectivity index (χ3v) is 5.68. The molecule has 2 aliphatic rings. The molecule has 148 valence electrons. The molecular formula is C19H26BrN3O4. The maximum Gasteiger partial charge on any atom is 0.259 e. The first kappa shape index (κ1) is 20.1. The van der Waals surface area contributed by atoms with Crippen LogP contribution < -0.4 is 4.74 Å². The Kier molecular flexibility index (Phi) is 6.05. The maximum absolute atomic E-state index is 13.0. The van der Waals surface area contributed by atoms with E-state index in [0.29, 0.717) is 23.1 Å². The van der Waals surface area contributed by atoms with Gasteiger partial charge in [-0.2, -0.15) is 0 Å². The first-order chi connectivity index (χ1) is 12.8. The molecule has 1 aromatic rings. The Hall–Kier alpha value is -1.67. The zero-order chi connectivity index (χ0) is 19.7. The molecule has 1 saturated carbocycles. The van der Waals surface area contributed by atoms with Crippen LogP contribution in [0.15, 0.2) is 16.7 Å². The van der Waals surface area contributed by atoms with Gasteiger partial charge in [-0.25, -0.2) is 4.98 Å². The van der Waals surface area contributed by atoms with Gasteiger partial charge in [0.15, 0.2) is 0 Å². The Morgan fingerprint density at radius 3 is 2.85 bits per heavy atom. The number of rotatable bonds is 5. The molecule has 0 spiro atoms. The highest BCUT2D eigenvalue weighted by molar-refractivity contribution is 9.10. The maximum atomic E-state index is 13.0. The molecule has 0 aromatic carbocycles. The lowest BCUT2D eigenvalue weighted by molar-refractivity contribution is -0.132. The number of fused-ring (bicyclic) bond motifs is 1. The normalized spacial score (nSPS) is 23.7. The zero-order valence-corrected chi connectivity index (χ0v) is 17.5. The van der Waals surface area contributed by atoms with Crippen LogP contribution in [-0.4, -0.2) is 70.6 Å². The predicted molar refractivity (Wildman–Crippen MR) is 103 cm³/mol. The number of halogens is 1. The minimum Gasteiger partial charge on any atom is -0.472 e. The fourth-order valence-corrected chi connectivity index (χ4v) is 3.63. The summed E-state index contributed by atoms with van der Waals surface area (Å²) in [4.78, 5) is 33.1. The SMILES string of the molecule is C[C@H]1CN([C@@H](C)CO)C(=O)c2cc(Br)cnc2O[C@@H]1CN(C)C(=O)C1CC1. The van der Waals surface area contributed by atoms with Crippen molar-refractivity contribution < 1.29 is 19.4 Å². The highest BCUT2D eigenvalue weighted by Crippen LogP contribution is 2.32. The summed E-state index contributed by atoms with van der Waals surface area (Å²) in [5.74, 6) is 0.312. The van der Waals surface area contributed by atoms with Crippen LogP contribution in [0.5, 0.6) is 5.88 Å². The minimum atomic E-state index is -0.323. The number of hydrogen-bond donors (Lipinski definition) is 1. The molecule has 1 aliphatic heterocycles. The van der Waals surface area contributed by atoms with Crippen LogP contribution in [0, 0.1) is 11.8 Å². The summed E-state index contributed by atoms with van der Waals surface area (Å²) in [6, 6.07) is 1.37. The van der Waals surface area contributed by atoms with Gasteiger partial charge in [0.1, 0.15) is 11.7 Å². The second-order valence-electron chi connectivity index (χ2n) is 7.62. The van der Waals surface area contributed by atoms with Crippen molar-refractivity contribution in [3.8, 4) is 5.88 Å². The van der Waals surface area contributed by atoms with Crippen LogP contribution in [0.3, 0.4) is 0 Å². The highest BCUT2D eigenvalue weighted by Gasteiger charge is 2.37. The number of amides is 2. The van der Waals surface area contributed by atoms with Gasteiger partial charge in [0.25, 0.3) is 5.91 Å². The van der Waals surface area contributed by atoms with Gasteiger partial charge in [-0.3, -0.25) is 9.59 Å². The Balaban J connectivity index is 1.90. The van der Waals surface area contributed by atoms with Crippen molar-refractivity contribution in [2.24, 2.45) is 11.8 Å². The summed E-state index contributed by atoms with van der Waals surface area (Å²) >= 11 is 3.36. The molecule has 1 fully saturated rings. The van der Waals surface area contributed by atoms with Gasteiger partial charge in [0, 0.05) is 36.1 Å². The average molecular weight is 440 g/mol. The first-order valence-corrected chi connectivity index (χ1v) is 10.1. The van der Waals surface area contributed by atoms with E-state index in [1.54, 1.807) is 29.1 Å². The van der Waals surface area contributed by atoms with Gasteiger partial charge in [-0.1, -0.05) is 6.92 Å². The number of aromatic nitrogens is 1. The minimum absolute atomic E-state index is 0.0315. The molecule has 0 radical (unpaired) electrons. The lowest BCUT2D eigenvalue weighted by Crippen LogP contribution is -2.50. The average Bonchev–Trinajstić information content (AvgIpc) is 3.49. The summed E-state index contributed by atoms with van der Waals surface area (Å²) in [5, 5.41) is 9.60. The Morgan fingerprint density at radius 2 is 2.22 bits per heavy atom. The molecule has 0 unspecified atom stereocenters. The number of carbonyl (C=O) groups is 2. The van der Waals surface area contributed by atoms with Gasteiger partial charge in [0.05, 0.1) is 19.2 Å². The van der Waals surface area contributed by atoms with E-state index in [1.165, 1.54) is 0 Å². The Bertz CT molecular complexity index is 725. The van der Waals surface area contributed by atoms with E-state index in [9.17, 15) is 14.7 Å². The second kappa shape index (κ2) is 8.14. The second-order valence-corrected chi connectivity index (χ2v) is 8.54. The third-order valence-electron chi connectivity index (χ3n) is 5.24. The lowest BCUT2D eigenvalue weighted by atomic mass is 10.00. The van der Waals surface area contributed by atoms with Gasteiger partial charge in [-0.05, 0) is 41.8 Å². The van der Waals surface area contributed by atoms with Crippen molar-refractivity contribution in [3.63, 3.8) is 0 Å². The lowest BCUT2D eigenvalue weighted by Gasteiger charge is -2.37. The zero-order valence-electron chi connectivity index (χ0n) is 15.9. The summed E-state index contributed by atoms with van der Waals surface area (Å²) in [7, 11) is 1.80. The quantitative estimate of drug-likeness (QED) is 0.757. The van der Waals surface area contributed by atoms with Gasteiger partial charge >= 0.3 is 0 Å². The van der Waals surface area contributed by atoms with Crippen molar-refractivity contribution >= 4 is 27.7 Å². The van der Waals surface area contributed by atoms with Crippen molar-refractivity contribution in [1.82, 2.24) is 14.8 Å². The van der Waals surface area contributed by atoms with E-state index < -0.39 is 0 Å². The number of aliphatic hydroxyl groups is 1. The van der Waals surface area contributed by atoms with Crippen LogP contribution in [0.4, 0.5) is 0 Å².